The topological polar surface area (TPSA) is 104 Å². The van der Waals surface area contributed by atoms with E-state index < -0.39 is 16.0 Å². The Morgan fingerprint density at radius 1 is 1.28 bits per heavy atom. The number of rotatable bonds is 6. The van der Waals surface area contributed by atoms with Crippen LogP contribution in [0, 0.1) is 12.8 Å². The van der Waals surface area contributed by atoms with E-state index in [0.717, 1.165) is 0 Å². The number of benzene rings is 1. The fraction of sp³-hybridized carbons (Fsp3) is 0.529. The summed E-state index contributed by atoms with van der Waals surface area (Å²) >= 11 is 0. The number of carboxylic acids is 1. The number of amides is 1. The van der Waals surface area contributed by atoms with Crippen LogP contribution in [0.4, 0.5) is 0 Å². The first-order valence-electron chi connectivity index (χ1n) is 8.36. The lowest BCUT2D eigenvalue weighted by molar-refractivity contribution is -0.138. The number of carbonyl (C=O) groups excluding carboxylic acids is 1. The van der Waals surface area contributed by atoms with Gasteiger partial charge in [-0.3, -0.25) is 9.59 Å². The monoisotopic (exact) mass is 368 g/mol. The van der Waals surface area contributed by atoms with Crippen LogP contribution in [0.2, 0.25) is 0 Å². The van der Waals surface area contributed by atoms with Crippen LogP contribution in [0.3, 0.4) is 0 Å². The van der Waals surface area contributed by atoms with Gasteiger partial charge in [-0.25, -0.2) is 13.1 Å². The van der Waals surface area contributed by atoms with Crippen molar-refractivity contribution in [1.82, 2.24) is 9.62 Å². The minimum absolute atomic E-state index is 0.0732. The predicted octanol–water partition coefficient (Wildman–Crippen LogP) is 1.62. The number of nitrogens with one attached hydrogen (secondary N) is 1. The van der Waals surface area contributed by atoms with Gasteiger partial charge in [0.15, 0.2) is 0 Å². The molecule has 1 aliphatic rings. The first kappa shape index (κ1) is 19.4. The first-order valence-corrected chi connectivity index (χ1v) is 9.84. The number of aryl methyl sites for hydroxylation is 1. The fourth-order valence-corrected chi connectivity index (χ4v) is 4.10. The summed E-state index contributed by atoms with van der Waals surface area (Å²) in [5, 5.41) is 8.86. The molecule has 1 amide bonds. The molecule has 0 spiro atoms. The number of hydrogen-bond donors (Lipinski definition) is 2. The van der Waals surface area contributed by atoms with Gasteiger partial charge in [-0.15, -0.1) is 0 Å². The second-order valence-electron chi connectivity index (χ2n) is 6.31. The highest BCUT2D eigenvalue weighted by atomic mass is 32.2. The molecule has 0 aliphatic carbocycles. The van der Waals surface area contributed by atoms with Gasteiger partial charge in [0.1, 0.15) is 0 Å². The SMILES string of the molecule is CCNS(=O)(=O)c1ccc(C)c(C(=O)N2CCC(CC(=O)O)CC2)c1. The number of likely N-dealkylation sites (tertiary alicyclic amines) is 1. The van der Waals surface area contributed by atoms with E-state index in [-0.39, 0.29) is 29.7 Å². The molecule has 138 valence electrons. The van der Waals surface area contributed by atoms with Gasteiger partial charge in [0.25, 0.3) is 5.91 Å². The average molecular weight is 368 g/mol. The summed E-state index contributed by atoms with van der Waals surface area (Å²) in [6.45, 7) is 4.71. The standard InChI is InChI=1S/C17H24N2O5S/c1-3-18-25(23,24)14-5-4-12(2)15(11-14)17(22)19-8-6-13(7-9-19)10-16(20)21/h4-5,11,13,18H,3,6-10H2,1-2H3,(H,20,21). The molecule has 0 atom stereocenters. The van der Waals surface area contributed by atoms with Crippen LogP contribution in [0.1, 0.15) is 42.1 Å². The highest BCUT2D eigenvalue weighted by Crippen LogP contribution is 2.24. The summed E-state index contributed by atoms with van der Waals surface area (Å²) in [5.41, 5.74) is 1.09. The number of aliphatic carboxylic acids is 1. The molecule has 0 radical (unpaired) electrons. The molecular weight excluding hydrogens is 344 g/mol. The Hall–Kier alpha value is -1.93. The zero-order chi connectivity index (χ0) is 18.6. The lowest BCUT2D eigenvalue weighted by Gasteiger charge is -2.31. The smallest absolute Gasteiger partial charge is 0.303 e. The maximum atomic E-state index is 12.8. The van der Waals surface area contributed by atoms with Gasteiger partial charge in [-0.05, 0) is 43.4 Å². The van der Waals surface area contributed by atoms with Gasteiger partial charge in [0.2, 0.25) is 10.0 Å². The molecule has 0 bridgehead atoms. The van der Waals surface area contributed by atoms with Crippen molar-refractivity contribution >= 4 is 21.9 Å². The lowest BCUT2D eigenvalue weighted by atomic mass is 9.93. The Morgan fingerprint density at radius 3 is 2.48 bits per heavy atom. The lowest BCUT2D eigenvalue weighted by Crippen LogP contribution is -2.39. The van der Waals surface area contributed by atoms with Gasteiger partial charge in [0.05, 0.1) is 4.90 Å². The Balaban J connectivity index is 2.16. The summed E-state index contributed by atoms with van der Waals surface area (Å²) in [4.78, 5) is 25.3. The van der Waals surface area contributed by atoms with Crippen molar-refractivity contribution < 1.29 is 23.1 Å². The molecule has 1 saturated heterocycles. The highest BCUT2D eigenvalue weighted by molar-refractivity contribution is 7.89. The molecule has 1 aromatic carbocycles. The molecule has 2 N–H and O–H groups in total. The quantitative estimate of drug-likeness (QED) is 0.794. The predicted molar refractivity (Wildman–Crippen MR) is 92.9 cm³/mol. The van der Waals surface area contributed by atoms with Crippen LogP contribution in [0.15, 0.2) is 23.1 Å². The molecule has 7 nitrogen and oxygen atoms in total. The highest BCUT2D eigenvalue weighted by Gasteiger charge is 2.26. The summed E-state index contributed by atoms with van der Waals surface area (Å²) < 4.78 is 26.7. The summed E-state index contributed by atoms with van der Waals surface area (Å²) in [7, 11) is -3.62. The Morgan fingerprint density at radius 2 is 1.92 bits per heavy atom. The third-order valence-corrected chi connectivity index (χ3v) is 5.99. The van der Waals surface area contributed by atoms with E-state index in [9.17, 15) is 18.0 Å². The maximum Gasteiger partial charge on any atom is 0.303 e. The van der Waals surface area contributed by atoms with E-state index >= 15 is 0 Å². The summed E-state index contributed by atoms with van der Waals surface area (Å²) in [6, 6.07) is 4.54. The molecule has 25 heavy (non-hydrogen) atoms. The van der Waals surface area contributed by atoms with Gasteiger partial charge in [0, 0.05) is 31.6 Å². The van der Waals surface area contributed by atoms with Gasteiger partial charge in [-0.2, -0.15) is 0 Å². The van der Waals surface area contributed by atoms with Gasteiger partial charge in [-0.1, -0.05) is 13.0 Å². The molecule has 0 saturated carbocycles. The minimum atomic E-state index is -3.62. The van der Waals surface area contributed by atoms with E-state index in [2.05, 4.69) is 4.72 Å². The zero-order valence-electron chi connectivity index (χ0n) is 14.5. The summed E-state index contributed by atoms with van der Waals surface area (Å²) in [5.74, 6) is -0.940. The first-order chi connectivity index (χ1) is 11.7. The third kappa shape index (κ3) is 4.79. The molecule has 1 aromatic rings. The van der Waals surface area contributed by atoms with Crippen molar-refractivity contribution in [2.24, 2.45) is 5.92 Å². The van der Waals surface area contributed by atoms with Crippen LogP contribution < -0.4 is 4.72 Å². The van der Waals surface area contributed by atoms with Crippen molar-refractivity contribution in [3.63, 3.8) is 0 Å². The van der Waals surface area contributed by atoms with Gasteiger partial charge < -0.3 is 10.0 Å². The third-order valence-electron chi connectivity index (χ3n) is 4.45. The van der Waals surface area contributed by atoms with E-state index in [1.54, 1.807) is 24.8 Å². The van der Waals surface area contributed by atoms with E-state index in [1.807, 2.05) is 0 Å². The number of piperidine rings is 1. The molecule has 0 unspecified atom stereocenters. The van der Waals surface area contributed by atoms with E-state index in [0.29, 0.717) is 37.1 Å². The second kappa shape index (κ2) is 7.97. The van der Waals surface area contributed by atoms with Crippen molar-refractivity contribution in [1.29, 1.82) is 0 Å². The molecule has 1 aliphatic heterocycles. The number of hydrogen-bond acceptors (Lipinski definition) is 4. The number of sulfonamides is 1. The number of carbonyl (C=O) groups is 2. The van der Waals surface area contributed by atoms with Crippen LogP contribution in [-0.4, -0.2) is 49.9 Å². The minimum Gasteiger partial charge on any atom is -0.481 e. The Kier molecular flexibility index (Phi) is 6.18. The molecule has 8 heteroatoms. The van der Waals surface area contributed by atoms with Crippen molar-refractivity contribution in [3.8, 4) is 0 Å². The van der Waals surface area contributed by atoms with E-state index in [1.165, 1.54) is 12.1 Å². The Labute approximate surface area is 148 Å². The average Bonchev–Trinajstić information content (AvgIpc) is 2.54. The van der Waals surface area contributed by atoms with Crippen molar-refractivity contribution in [2.75, 3.05) is 19.6 Å². The molecule has 0 aromatic heterocycles. The second-order valence-corrected chi connectivity index (χ2v) is 8.08. The number of carboxylic acid groups (broad SMARTS) is 1. The van der Waals surface area contributed by atoms with Crippen molar-refractivity contribution in [2.45, 2.75) is 38.0 Å². The fourth-order valence-electron chi connectivity index (χ4n) is 3.03. The summed E-state index contributed by atoms with van der Waals surface area (Å²) in [6.07, 6.45) is 1.41. The van der Waals surface area contributed by atoms with Crippen LogP contribution in [0.25, 0.3) is 0 Å². The zero-order valence-corrected chi connectivity index (χ0v) is 15.3. The molecule has 2 rings (SSSR count). The normalized spacial score (nSPS) is 16.0. The van der Waals surface area contributed by atoms with Crippen LogP contribution in [0.5, 0.6) is 0 Å². The van der Waals surface area contributed by atoms with Gasteiger partial charge >= 0.3 is 5.97 Å². The number of nitrogens with zero attached hydrogens (tertiary/aromatic N) is 1. The largest absolute Gasteiger partial charge is 0.481 e. The van der Waals surface area contributed by atoms with Crippen LogP contribution >= 0.6 is 0 Å². The molecule has 1 heterocycles. The molecule has 1 fully saturated rings. The van der Waals surface area contributed by atoms with Crippen LogP contribution in [-0.2, 0) is 14.8 Å². The molecular formula is C17H24N2O5S. The Bertz CT molecular complexity index is 752. The van der Waals surface area contributed by atoms with E-state index in [4.69, 9.17) is 5.11 Å². The maximum absolute atomic E-state index is 12.8. The van der Waals surface area contributed by atoms with Crippen molar-refractivity contribution in [3.05, 3.63) is 29.3 Å².